The van der Waals surface area contributed by atoms with Gasteiger partial charge in [-0.25, -0.2) is 0 Å². The van der Waals surface area contributed by atoms with Gasteiger partial charge in [0.05, 0.1) is 0 Å². The summed E-state index contributed by atoms with van der Waals surface area (Å²) >= 11 is 1.88. The summed E-state index contributed by atoms with van der Waals surface area (Å²) in [5.74, 6) is 0. The molecule has 1 heteroatoms. The lowest BCUT2D eigenvalue weighted by Gasteiger charge is -2.22. The van der Waals surface area contributed by atoms with E-state index in [1.807, 2.05) is 11.8 Å². The number of hydrogen-bond donors (Lipinski definition) is 0. The fourth-order valence-corrected chi connectivity index (χ4v) is 1.33. The molecule has 0 aliphatic carbocycles. The molecule has 1 aromatic carbocycles. The van der Waals surface area contributed by atoms with E-state index >= 15 is 0 Å². The van der Waals surface area contributed by atoms with E-state index < -0.39 is 0 Å². The number of rotatable bonds is 2. The van der Waals surface area contributed by atoms with Crippen LogP contribution in [0.3, 0.4) is 0 Å². The summed E-state index contributed by atoms with van der Waals surface area (Å²) in [5.41, 5.74) is 1.40. The van der Waals surface area contributed by atoms with Crippen molar-refractivity contribution in [1.82, 2.24) is 0 Å². The van der Waals surface area contributed by atoms with Gasteiger partial charge in [0.2, 0.25) is 0 Å². The van der Waals surface area contributed by atoms with Gasteiger partial charge >= 0.3 is 0 Å². The molecule has 0 heterocycles. The highest BCUT2D eigenvalue weighted by Gasteiger charge is 2.17. The predicted octanol–water partition coefficient (Wildman–Crippen LogP) is 3.28. The smallest absolute Gasteiger partial charge is 0.0349 e. The summed E-state index contributed by atoms with van der Waals surface area (Å²) in [6.07, 6.45) is 2.15. The highest BCUT2D eigenvalue weighted by atomic mass is 32.2. The number of hydrogen-bond acceptors (Lipinski definition) is 1. The molecular formula is C10H14S. The third-order valence-corrected chi connectivity index (χ3v) is 3.24. The molecule has 0 saturated heterocycles. The minimum Gasteiger partial charge on any atom is -0.154 e. The third-order valence-electron chi connectivity index (χ3n) is 1.98. The molecule has 0 nitrogen and oxygen atoms in total. The van der Waals surface area contributed by atoms with Gasteiger partial charge in [-0.3, -0.25) is 0 Å². The van der Waals surface area contributed by atoms with Crippen molar-refractivity contribution in [3.05, 3.63) is 35.9 Å². The predicted molar refractivity (Wildman–Crippen MR) is 53.0 cm³/mol. The maximum atomic E-state index is 2.24. The van der Waals surface area contributed by atoms with Crippen molar-refractivity contribution >= 4 is 11.8 Å². The van der Waals surface area contributed by atoms with Gasteiger partial charge in [0.1, 0.15) is 0 Å². The first kappa shape index (κ1) is 8.66. The van der Waals surface area contributed by atoms with Crippen LogP contribution in [0.5, 0.6) is 0 Å². The average Bonchev–Trinajstić information content (AvgIpc) is 2.06. The normalized spacial score (nSPS) is 11.5. The molecule has 60 valence electrons. The molecule has 0 atom stereocenters. The van der Waals surface area contributed by atoms with Crippen LogP contribution >= 0.6 is 11.8 Å². The Balaban J connectivity index is 2.93. The fraction of sp³-hybridized carbons (Fsp3) is 0.400. The second kappa shape index (κ2) is 3.31. The Morgan fingerprint density at radius 2 is 1.64 bits per heavy atom. The Labute approximate surface area is 73.0 Å². The van der Waals surface area contributed by atoms with E-state index in [-0.39, 0.29) is 4.75 Å². The van der Waals surface area contributed by atoms with E-state index in [2.05, 4.69) is 50.4 Å². The van der Waals surface area contributed by atoms with Crippen molar-refractivity contribution in [2.75, 3.05) is 6.26 Å². The first-order chi connectivity index (χ1) is 5.17. The zero-order valence-corrected chi connectivity index (χ0v) is 8.11. The third kappa shape index (κ3) is 2.00. The Kier molecular flexibility index (Phi) is 2.61. The second-order valence-corrected chi connectivity index (χ2v) is 4.51. The summed E-state index contributed by atoms with van der Waals surface area (Å²) in [6.45, 7) is 4.49. The monoisotopic (exact) mass is 166 g/mol. The van der Waals surface area contributed by atoms with Crippen LogP contribution in [-0.4, -0.2) is 6.26 Å². The standard InChI is InChI=1S/C10H14S/c1-10(2,11-3)9-7-5-4-6-8-9/h4-8H,1-3H3. The van der Waals surface area contributed by atoms with E-state index in [9.17, 15) is 0 Å². The first-order valence-corrected chi connectivity index (χ1v) is 5.00. The van der Waals surface area contributed by atoms with E-state index in [1.165, 1.54) is 5.56 Å². The molecule has 0 fully saturated rings. The fourth-order valence-electron chi connectivity index (χ4n) is 0.957. The lowest BCUT2D eigenvalue weighted by Crippen LogP contribution is -2.10. The van der Waals surface area contributed by atoms with Crippen molar-refractivity contribution in [3.63, 3.8) is 0 Å². The molecular weight excluding hydrogens is 152 g/mol. The Bertz CT molecular complexity index is 214. The van der Waals surface area contributed by atoms with Gasteiger partial charge in [-0.1, -0.05) is 30.3 Å². The topological polar surface area (TPSA) is 0 Å². The summed E-state index contributed by atoms with van der Waals surface area (Å²) in [7, 11) is 0. The summed E-state index contributed by atoms with van der Waals surface area (Å²) in [5, 5.41) is 0. The SMILES string of the molecule is CSC(C)(C)c1ccccc1. The van der Waals surface area contributed by atoms with Crippen LogP contribution in [-0.2, 0) is 4.75 Å². The Hall–Kier alpha value is -0.430. The van der Waals surface area contributed by atoms with Gasteiger partial charge < -0.3 is 0 Å². The van der Waals surface area contributed by atoms with Crippen molar-refractivity contribution in [2.24, 2.45) is 0 Å². The molecule has 0 bridgehead atoms. The summed E-state index contributed by atoms with van der Waals surface area (Å²) in [4.78, 5) is 0. The summed E-state index contributed by atoms with van der Waals surface area (Å²) in [6, 6.07) is 10.6. The Morgan fingerprint density at radius 3 is 2.09 bits per heavy atom. The molecule has 0 aromatic heterocycles. The zero-order valence-electron chi connectivity index (χ0n) is 7.29. The van der Waals surface area contributed by atoms with Crippen LogP contribution in [0, 0.1) is 0 Å². The van der Waals surface area contributed by atoms with Crippen LogP contribution in [0.15, 0.2) is 30.3 Å². The van der Waals surface area contributed by atoms with Crippen LogP contribution in [0.4, 0.5) is 0 Å². The van der Waals surface area contributed by atoms with E-state index in [4.69, 9.17) is 0 Å². The molecule has 0 aliphatic rings. The van der Waals surface area contributed by atoms with Gasteiger partial charge in [0, 0.05) is 4.75 Å². The van der Waals surface area contributed by atoms with Crippen LogP contribution in [0.2, 0.25) is 0 Å². The van der Waals surface area contributed by atoms with E-state index in [0.29, 0.717) is 0 Å². The van der Waals surface area contributed by atoms with Crippen molar-refractivity contribution in [2.45, 2.75) is 18.6 Å². The van der Waals surface area contributed by atoms with Crippen LogP contribution < -0.4 is 0 Å². The number of thioether (sulfide) groups is 1. The van der Waals surface area contributed by atoms with Crippen LogP contribution in [0.1, 0.15) is 19.4 Å². The molecule has 0 amide bonds. The molecule has 0 saturated carbocycles. The lowest BCUT2D eigenvalue weighted by atomic mass is 10.0. The van der Waals surface area contributed by atoms with Crippen molar-refractivity contribution < 1.29 is 0 Å². The van der Waals surface area contributed by atoms with Crippen molar-refractivity contribution in [1.29, 1.82) is 0 Å². The molecule has 0 radical (unpaired) electrons. The minimum atomic E-state index is 0.251. The van der Waals surface area contributed by atoms with Crippen molar-refractivity contribution in [3.8, 4) is 0 Å². The largest absolute Gasteiger partial charge is 0.154 e. The molecule has 1 rings (SSSR count). The van der Waals surface area contributed by atoms with Crippen LogP contribution in [0.25, 0.3) is 0 Å². The minimum absolute atomic E-state index is 0.251. The van der Waals surface area contributed by atoms with Gasteiger partial charge in [-0.15, -0.1) is 0 Å². The molecule has 0 unspecified atom stereocenters. The van der Waals surface area contributed by atoms with E-state index in [1.54, 1.807) is 0 Å². The maximum Gasteiger partial charge on any atom is 0.0349 e. The number of benzene rings is 1. The second-order valence-electron chi connectivity index (χ2n) is 3.08. The lowest BCUT2D eigenvalue weighted by molar-refractivity contribution is 0.785. The van der Waals surface area contributed by atoms with E-state index in [0.717, 1.165) is 0 Å². The maximum absolute atomic E-state index is 2.24. The summed E-state index contributed by atoms with van der Waals surface area (Å²) < 4.78 is 0.251. The quantitative estimate of drug-likeness (QED) is 0.649. The first-order valence-electron chi connectivity index (χ1n) is 3.77. The highest BCUT2D eigenvalue weighted by Crippen LogP contribution is 2.32. The zero-order chi connectivity index (χ0) is 8.32. The molecule has 0 aliphatic heterocycles. The van der Waals surface area contributed by atoms with Gasteiger partial charge in [0.25, 0.3) is 0 Å². The highest BCUT2D eigenvalue weighted by molar-refractivity contribution is 7.99. The van der Waals surface area contributed by atoms with Gasteiger partial charge in [-0.05, 0) is 25.7 Å². The molecule has 0 spiro atoms. The molecule has 11 heavy (non-hydrogen) atoms. The molecule has 0 N–H and O–H groups in total. The molecule has 1 aromatic rings. The van der Waals surface area contributed by atoms with Gasteiger partial charge in [-0.2, -0.15) is 11.8 Å². The Morgan fingerprint density at radius 1 is 1.09 bits per heavy atom. The average molecular weight is 166 g/mol. The van der Waals surface area contributed by atoms with Gasteiger partial charge in [0.15, 0.2) is 0 Å².